The Morgan fingerprint density at radius 2 is 1.89 bits per heavy atom. The number of nitrogens with two attached hydrogens (primary N) is 1. The molecule has 106 valence electrons. The number of carbonyl (C=O) groups is 1. The molecule has 0 bridgehead atoms. The summed E-state index contributed by atoms with van der Waals surface area (Å²) in [5.41, 5.74) is 8.93. The van der Waals surface area contributed by atoms with Crippen molar-refractivity contribution in [2.24, 2.45) is 5.73 Å². The van der Waals surface area contributed by atoms with Crippen molar-refractivity contribution in [1.82, 2.24) is 4.90 Å². The molecule has 0 saturated heterocycles. The monoisotopic (exact) mass is 264 g/mol. The summed E-state index contributed by atoms with van der Waals surface area (Å²) in [6.07, 6.45) is 0.380. The fraction of sp³-hybridized carbons (Fsp3) is 0.533. The molecule has 0 aliphatic heterocycles. The van der Waals surface area contributed by atoms with Crippen molar-refractivity contribution in [3.05, 3.63) is 28.8 Å². The number of amides is 1. The molecule has 4 heteroatoms. The Bertz CT molecular complexity index is 432. The molecule has 1 aromatic rings. The molecule has 0 aromatic heterocycles. The molecule has 1 amide bonds. The molecule has 0 saturated carbocycles. The van der Waals surface area contributed by atoms with Crippen LogP contribution in [0.4, 0.5) is 0 Å². The smallest absolute Gasteiger partial charge is 0.224 e. The van der Waals surface area contributed by atoms with Crippen LogP contribution in [0.5, 0.6) is 5.75 Å². The van der Waals surface area contributed by atoms with E-state index in [2.05, 4.69) is 12.1 Å². The van der Waals surface area contributed by atoms with Crippen molar-refractivity contribution >= 4 is 5.91 Å². The molecule has 0 fully saturated rings. The maximum absolute atomic E-state index is 11.9. The first-order chi connectivity index (χ1) is 8.85. The number of hydrogen-bond donors (Lipinski definition) is 1. The van der Waals surface area contributed by atoms with Crippen molar-refractivity contribution in [3.8, 4) is 5.75 Å². The van der Waals surface area contributed by atoms with Crippen molar-refractivity contribution in [3.63, 3.8) is 0 Å². The van der Waals surface area contributed by atoms with E-state index in [0.29, 0.717) is 13.0 Å². The van der Waals surface area contributed by atoms with Crippen LogP contribution >= 0.6 is 0 Å². The van der Waals surface area contributed by atoms with E-state index in [9.17, 15) is 4.79 Å². The maximum Gasteiger partial charge on any atom is 0.224 e. The highest BCUT2D eigenvalue weighted by Gasteiger charge is 2.13. The van der Waals surface area contributed by atoms with Gasteiger partial charge in [-0.05, 0) is 37.5 Å². The molecule has 0 aliphatic rings. The van der Waals surface area contributed by atoms with Crippen molar-refractivity contribution in [1.29, 1.82) is 0 Å². The zero-order chi connectivity index (χ0) is 14.6. The second kappa shape index (κ2) is 6.57. The lowest BCUT2D eigenvalue weighted by molar-refractivity contribution is -0.130. The van der Waals surface area contributed by atoms with E-state index in [1.807, 2.05) is 20.8 Å². The SMILES string of the molecule is COc1c(C)cc(CN(C)C(=O)CC(C)N)cc1C. The van der Waals surface area contributed by atoms with Gasteiger partial charge in [-0.3, -0.25) is 4.79 Å². The first-order valence-corrected chi connectivity index (χ1v) is 6.48. The standard InChI is InChI=1S/C15H24N2O2/c1-10-6-13(7-11(2)15(10)19-5)9-17(4)14(18)8-12(3)16/h6-7,12H,8-9,16H2,1-5H3. The van der Waals surface area contributed by atoms with Gasteiger partial charge in [0, 0.05) is 26.1 Å². The second-order valence-corrected chi connectivity index (χ2v) is 5.19. The fourth-order valence-corrected chi connectivity index (χ4v) is 2.25. The third-order valence-corrected chi connectivity index (χ3v) is 3.07. The minimum Gasteiger partial charge on any atom is -0.496 e. The minimum atomic E-state index is -0.103. The average Bonchev–Trinajstić information content (AvgIpc) is 2.27. The van der Waals surface area contributed by atoms with Crippen molar-refractivity contribution in [2.75, 3.05) is 14.2 Å². The number of benzene rings is 1. The highest BCUT2D eigenvalue weighted by atomic mass is 16.5. The summed E-state index contributed by atoms with van der Waals surface area (Å²) in [6.45, 7) is 6.46. The summed E-state index contributed by atoms with van der Waals surface area (Å²) < 4.78 is 5.34. The number of nitrogens with zero attached hydrogens (tertiary/aromatic N) is 1. The van der Waals surface area contributed by atoms with E-state index in [0.717, 1.165) is 22.4 Å². The summed E-state index contributed by atoms with van der Waals surface area (Å²) in [5.74, 6) is 0.981. The zero-order valence-corrected chi connectivity index (χ0v) is 12.5. The lowest BCUT2D eigenvalue weighted by Crippen LogP contribution is -2.31. The highest BCUT2D eigenvalue weighted by molar-refractivity contribution is 5.76. The Labute approximate surface area is 115 Å². The predicted molar refractivity (Wildman–Crippen MR) is 77.2 cm³/mol. The summed E-state index contributed by atoms with van der Waals surface area (Å²) in [5, 5.41) is 0. The van der Waals surface area contributed by atoms with Crippen molar-refractivity contribution < 1.29 is 9.53 Å². The Hall–Kier alpha value is -1.55. The van der Waals surface area contributed by atoms with Gasteiger partial charge in [-0.1, -0.05) is 12.1 Å². The molecule has 0 spiro atoms. The summed E-state index contributed by atoms with van der Waals surface area (Å²) >= 11 is 0. The van der Waals surface area contributed by atoms with E-state index in [1.54, 1.807) is 19.1 Å². The Morgan fingerprint density at radius 1 is 1.37 bits per heavy atom. The molecular formula is C15H24N2O2. The largest absolute Gasteiger partial charge is 0.496 e. The van der Waals surface area contributed by atoms with Crippen LogP contribution in [0.15, 0.2) is 12.1 Å². The van der Waals surface area contributed by atoms with Gasteiger partial charge in [0.1, 0.15) is 5.75 Å². The predicted octanol–water partition coefficient (Wildman–Crippen LogP) is 2.01. The van der Waals surface area contributed by atoms with Gasteiger partial charge in [0.25, 0.3) is 0 Å². The quantitative estimate of drug-likeness (QED) is 0.885. The van der Waals surface area contributed by atoms with Gasteiger partial charge in [0.2, 0.25) is 5.91 Å². The molecule has 1 rings (SSSR count). The molecule has 4 nitrogen and oxygen atoms in total. The first-order valence-electron chi connectivity index (χ1n) is 6.48. The van der Waals surface area contributed by atoms with E-state index in [1.165, 1.54) is 0 Å². The molecule has 1 unspecified atom stereocenters. The van der Waals surface area contributed by atoms with Crippen LogP contribution in [0.2, 0.25) is 0 Å². The van der Waals surface area contributed by atoms with Gasteiger partial charge >= 0.3 is 0 Å². The molecule has 0 heterocycles. The summed E-state index contributed by atoms with van der Waals surface area (Å²) in [7, 11) is 3.48. The first kappa shape index (κ1) is 15.5. The van der Waals surface area contributed by atoms with Crippen LogP contribution in [0.1, 0.15) is 30.0 Å². The molecule has 1 aromatic carbocycles. The third kappa shape index (κ3) is 4.24. The van der Waals surface area contributed by atoms with Gasteiger partial charge in [-0.15, -0.1) is 0 Å². The number of hydrogen-bond acceptors (Lipinski definition) is 3. The van der Waals surface area contributed by atoms with Crippen LogP contribution in [0, 0.1) is 13.8 Å². The van der Waals surface area contributed by atoms with Gasteiger partial charge in [-0.25, -0.2) is 0 Å². The van der Waals surface area contributed by atoms with E-state index in [-0.39, 0.29) is 11.9 Å². The molecule has 19 heavy (non-hydrogen) atoms. The van der Waals surface area contributed by atoms with Crippen LogP contribution in [-0.4, -0.2) is 31.0 Å². The van der Waals surface area contributed by atoms with Crippen LogP contribution in [0.3, 0.4) is 0 Å². The Balaban J connectivity index is 2.80. The number of aryl methyl sites for hydroxylation is 2. The minimum absolute atomic E-state index is 0.0705. The Kier molecular flexibility index (Phi) is 5.36. The normalized spacial score (nSPS) is 12.1. The Morgan fingerprint density at radius 3 is 2.32 bits per heavy atom. The molecular weight excluding hydrogens is 240 g/mol. The zero-order valence-electron chi connectivity index (χ0n) is 12.5. The lowest BCUT2D eigenvalue weighted by atomic mass is 10.1. The third-order valence-electron chi connectivity index (χ3n) is 3.07. The molecule has 2 N–H and O–H groups in total. The van der Waals surface area contributed by atoms with Crippen molar-refractivity contribution in [2.45, 2.75) is 39.8 Å². The van der Waals surface area contributed by atoms with Gasteiger partial charge in [-0.2, -0.15) is 0 Å². The number of methoxy groups -OCH3 is 1. The summed E-state index contributed by atoms with van der Waals surface area (Å²) in [4.78, 5) is 13.6. The van der Waals surface area contributed by atoms with Gasteiger partial charge < -0.3 is 15.4 Å². The average molecular weight is 264 g/mol. The number of rotatable bonds is 5. The molecule has 0 aliphatic carbocycles. The highest BCUT2D eigenvalue weighted by Crippen LogP contribution is 2.24. The van der Waals surface area contributed by atoms with Gasteiger partial charge in [0.05, 0.1) is 7.11 Å². The number of carbonyl (C=O) groups excluding carboxylic acids is 1. The fourth-order valence-electron chi connectivity index (χ4n) is 2.25. The number of ether oxygens (including phenoxy) is 1. The van der Waals surface area contributed by atoms with E-state index in [4.69, 9.17) is 10.5 Å². The lowest BCUT2D eigenvalue weighted by Gasteiger charge is -2.20. The van der Waals surface area contributed by atoms with Crippen LogP contribution in [0.25, 0.3) is 0 Å². The topological polar surface area (TPSA) is 55.6 Å². The second-order valence-electron chi connectivity index (χ2n) is 5.19. The molecule has 0 radical (unpaired) electrons. The summed E-state index contributed by atoms with van der Waals surface area (Å²) in [6, 6.07) is 4.01. The van der Waals surface area contributed by atoms with Crippen LogP contribution < -0.4 is 10.5 Å². The van der Waals surface area contributed by atoms with Crippen LogP contribution in [-0.2, 0) is 11.3 Å². The molecule has 1 atom stereocenters. The van der Waals surface area contributed by atoms with E-state index < -0.39 is 0 Å². The maximum atomic E-state index is 11.9. The van der Waals surface area contributed by atoms with Gasteiger partial charge in [0.15, 0.2) is 0 Å². The van der Waals surface area contributed by atoms with E-state index >= 15 is 0 Å².